The van der Waals surface area contributed by atoms with Gasteiger partial charge in [0, 0.05) is 7.11 Å². The van der Waals surface area contributed by atoms with Crippen LogP contribution >= 0.6 is 23.2 Å². The van der Waals surface area contributed by atoms with Gasteiger partial charge in [0.05, 0.1) is 11.8 Å². The van der Waals surface area contributed by atoms with Crippen molar-refractivity contribution >= 4 is 23.2 Å². The number of aliphatic hydroxyl groups is 1. The topological polar surface area (TPSA) is 47.9 Å². The molecule has 0 bridgehead atoms. The number of methoxy groups -OCH3 is 1. The van der Waals surface area contributed by atoms with Gasteiger partial charge in [-0.1, -0.05) is 0 Å². The van der Waals surface area contributed by atoms with Gasteiger partial charge >= 0.3 is 0 Å². The van der Waals surface area contributed by atoms with E-state index in [-0.39, 0.29) is 11.8 Å². The molecule has 0 amide bonds. The fourth-order valence-electron chi connectivity index (χ4n) is 0.280. The molecule has 0 saturated heterocycles. The van der Waals surface area contributed by atoms with Crippen LogP contribution in [0.5, 0.6) is 0 Å². The van der Waals surface area contributed by atoms with Crippen LogP contribution in [-0.2, 0) is 14.5 Å². The molecule has 0 aromatic rings. The smallest absolute Gasteiger partial charge is 0.204 e. The van der Waals surface area contributed by atoms with Gasteiger partial charge in [-0.05, 0) is 0 Å². The number of rotatable bonds is 6. The predicted molar refractivity (Wildman–Crippen MR) is 40.4 cm³/mol. The van der Waals surface area contributed by atoms with Crippen LogP contribution in [0, 0.1) is 0 Å². The van der Waals surface area contributed by atoms with E-state index >= 15 is 0 Å². The van der Waals surface area contributed by atoms with Gasteiger partial charge in [-0.25, -0.2) is 9.78 Å². The number of ether oxygens (including phenoxy) is 1. The lowest BCUT2D eigenvalue weighted by molar-refractivity contribution is -0.416. The molecular formula is C5H10Cl2O4. The second-order valence-electron chi connectivity index (χ2n) is 1.62. The number of hydrogen-bond donors (Lipinski definition) is 1. The first-order valence-electron chi connectivity index (χ1n) is 2.89. The van der Waals surface area contributed by atoms with E-state index in [2.05, 4.69) is 14.5 Å². The Morgan fingerprint density at radius 2 is 1.91 bits per heavy atom. The maximum Gasteiger partial charge on any atom is 0.204 e. The summed E-state index contributed by atoms with van der Waals surface area (Å²) in [5.74, 6) is 0.0459. The van der Waals surface area contributed by atoms with E-state index in [0.29, 0.717) is 0 Å². The number of aliphatic hydroxyl groups excluding tert-OH is 1. The third kappa shape index (κ3) is 5.66. The van der Waals surface area contributed by atoms with Crippen LogP contribution in [0.1, 0.15) is 0 Å². The van der Waals surface area contributed by atoms with Crippen molar-refractivity contribution < 1.29 is 19.6 Å². The van der Waals surface area contributed by atoms with Gasteiger partial charge < -0.3 is 9.84 Å². The molecule has 0 aromatic heterocycles. The average Bonchev–Trinajstić information content (AvgIpc) is 2.06. The summed E-state index contributed by atoms with van der Waals surface area (Å²) in [6.07, 6.45) is -1.84. The van der Waals surface area contributed by atoms with E-state index in [1.807, 2.05) is 0 Å². The Labute approximate surface area is 74.9 Å². The van der Waals surface area contributed by atoms with Crippen LogP contribution in [0.4, 0.5) is 0 Å². The molecule has 0 fully saturated rings. The standard InChI is InChI=1S/C5H10Cl2O4/c1-9-5(3-7)11-10-4(8)2-6/h4-5,8H,2-3H2,1H3. The molecule has 0 radical (unpaired) electrons. The molecule has 0 aliphatic heterocycles. The molecule has 1 N–H and O–H groups in total. The Kier molecular flexibility index (Phi) is 7.36. The van der Waals surface area contributed by atoms with Crippen LogP contribution in [0.25, 0.3) is 0 Å². The Morgan fingerprint density at radius 1 is 1.27 bits per heavy atom. The zero-order valence-electron chi connectivity index (χ0n) is 6.00. The van der Waals surface area contributed by atoms with Gasteiger partial charge in [-0.2, -0.15) is 0 Å². The number of alkyl halides is 2. The maximum absolute atomic E-state index is 8.72. The van der Waals surface area contributed by atoms with Crippen LogP contribution < -0.4 is 0 Å². The molecule has 0 rings (SSSR count). The second kappa shape index (κ2) is 7.09. The molecule has 4 nitrogen and oxygen atoms in total. The Bertz CT molecular complexity index is 88.6. The highest BCUT2D eigenvalue weighted by atomic mass is 35.5. The number of hydrogen-bond acceptors (Lipinski definition) is 4. The summed E-state index contributed by atoms with van der Waals surface area (Å²) in [7, 11) is 1.41. The molecule has 0 heterocycles. The molecule has 0 aromatic carbocycles. The quantitative estimate of drug-likeness (QED) is 0.300. The monoisotopic (exact) mass is 204 g/mol. The summed E-state index contributed by atoms with van der Waals surface area (Å²) in [5, 5.41) is 8.72. The fraction of sp³-hybridized carbons (Fsp3) is 1.00. The molecule has 68 valence electrons. The van der Waals surface area contributed by atoms with Gasteiger partial charge in [-0.15, -0.1) is 23.2 Å². The summed E-state index contributed by atoms with van der Waals surface area (Å²) in [4.78, 5) is 8.85. The van der Waals surface area contributed by atoms with E-state index in [0.717, 1.165) is 0 Å². The molecular weight excluding hydrogens is 195 g/mol. The first kappa shape index (κ1) is 11.4. The average molecular weight is 205 g/mol. The van der Waals surface area contributed by atoms with E-state index in [1.165, 1.54) is 7.11 Å². The van der Waals surface area contributed by atoms with Crippen molar-refractivity contribution in [3.05, 3.63) is 0 Å². The minimum Gasteiger partial charge on any atom is -0.365 e. The lowest BCUT2D eigenvalue weighted by Crippen LogP contribution is -2.23. The second-order valence-corrected chi connectivity index (χ2v) is 2.24. The largest absolute Gasteiger partial charge is 0.365 e. The molecule has 0 aliphatic rings. The van der Waals surface area contributed by atoms with Crippen LogP contribution in [0.3, 0.4) is 0 Å². The fourth-order valence-corrected chi connectivity index (χ4v) is 0.509. The van der Waals surface area contributed by atoms with Crippen molar-refractivity contribution in [3.8, 4) is 0 Å². The highest BCUT2D eigenvalue weighted by Crippen LogP contribution is 2.00. The highest BCUT2D eigenvalue weighted by Gasteiger charge is 2.09. The molecule has 2 unspecified atom stereocenters. The Morgan fingerprint density at radius 3 is 2.27 bits per heavy atom. The van der Waals surface area contributed by atoms with E-state index in [1.54, 1.807) is 0 Å². The van der Waals surface area contributed by atoms with Crippen LogP contribution in [0.2, 0.25) is 0 Å². The van der Waals surface area contributed by atoms with Crippen molar-refractivity contribution in [2.45, 2.75) is 12.6 Å². The lowest BCUT2D eigenvalue weighted by atomic mass is 10.7. The predicted octanol–water partition coefficient (Wildman–Crippen LogP) is 0.703. The van der Waals surface area contributed by atoms with Crippen molar-refractivity contribution in [2.24, 2.45) is 0 Å². The lowest BCUT2D eigenvalue weighted by Gasteiger charge is -2.13. The third-order valence-corrected chi connectivity index (χ3v) is 1.31. The zero-order valence-corrected chi connectivity index (χ0v) is 7.51. The van der Waals surface area contributed by atoms with Gasteiger partial charge in [0.1, 0.15) is 0 Å². The Hall–Kier alpha value is 0.420. The first-order chi connectivity index (χ1) is 5.24. The maximum atomic E-state index is 8.72. The van der Waals surface area contributed by atoms with E-state index in [4.69, 9.17) is 28.3 Å². The normalized spacial score (nSPS) is 16.4. The summed E-state index contributed by atoms with van der Waals surface area (Å²) >= 11 is 10.5. The minimum absolute atomic E-state index is 0.0707. The van der Waals surface area contributed by atoms with Crippen molar-refractivity contribution in [3.63, 3.8) is 0 Å². The molecule has 6 heteroatoms. The molecule has 0 spiro atoms. The minimum atomic E-state index is -1.16. The van der Waals surface area contributed by atoms with Gasteiger partial charge in [0.2, 0.25) is 12.6 Å². The van der Waals surface area contributed by atoms with Gasteiger partial charge in [-0.3, -0.25) is 0 Å². The van der Waals surface area contributed by atoms with Gasteiger partial charge in [0.25, 0.3) is 0 Å². The zero-order chi connectivity index (χ0) is 8.69. The summed E-state index contributed by atoms with van der Waals surface area (Å²) in [6, 6.07) is 0. The summed E-state index contributed by atoms with van der Waals surface area (Å²) < 4.78 is 4.66. The van der Waals surface area contributed by atoms with Gasteiger partial charge in [0.15, 0.2) is 0 Å². The number of halogens is 2. The summed E-state index contributed by atoms with van der Waals surface area (Å²) in [5.41, 5.74) is 0. The molecule has 2 atom stereocenters. The van der Waals surface area contributed by atoms with Crippen LogP contribution in [0.15, 0.2) is 0 Å². The van der Waals surface area contributed by atoms with E-state index in [9.17, 15) is 0 Å². The first-order valence-corrected chi connectivity index (χ1v) is 3.96. The highest BCUT2D eigenvalue weighted by molar-refractivity contribution is 6.18. The Balaban J connectivity index is 3.34. The van der Waals surface area contributed by atoms with Crippen LogP contribution in [-0.4, -0.2) is 36.6 Å². The third-order valence-electron chi connectivity index (χ3n) is 0.795. The van der Waals surface area contributed by atoms with E-state index < -0.39 is 12.6 Å². The molecule has 0 aliphatic carbocycles. The molecule has 11 heavy (non-hydrogen) atoms. The molecule has 0 saturated carbocycles. The van der Waals surface area contributed by atoms with Crippen molar-refractivity contribution in [1.82, 2.24) is 0 Å². The SMILES string of the molecule is COC(CCl)OOC(O)CCl. The van der Waals surface area contributed by atoms with Crippen molar-refractivity contribution in [1.29, 1.82) is 0 Å². The summed E-state index contributed by atoms with van der Waals surface area (Å²) in [6.45, 7) is 0. The van der Waals surface area contributed by atoms with Crippen molar-refractivity contribution in [2.75, 3.05) is 18.9 Å².